The Morgan fingerprint density at radius 2 is 1.75 bits per heavy atom. The molecule has 2 fully saturated rings. The van der Waals surface area contributed by atoms with Crippen molar-refractivity contribution in [3.8, 4) is 0 Å². The van der Waals surface area contributed by atoms with Crippen LogP contribution in [0.1, 0.15) is 44.9 Å². The Labute approximate surface area is 75.0 Å². The first-order chi connectivity index (χ1) is 5.97. The van der Waals surface area contributed by atoms with Gasteiger partial charge in [-0.05, 0) is 49.9 Å². The van der Waals surface area contributed by atoms with Crippen LogP contribution < -0.4 is 0 Å². The lowest BCUT2D eigenvalue weighted by molar-refractivity contribution is 0.480. The van der Waals surface area contributed by atoms with E-state index in [0.717, 1.165) is 17.8 Å². The highest BCUT2D eigenvalue weighted by atomic mass is 14.6. The van der Waals surface area contributed by atoms with E-state index in [2.05, 4.69) is 6.08 Å². The van der Waals surface area contributed by atoms with Gasteiger partial charge < -0.3 is 0 Å². The van der Waals surface area contributed by atoms with Crippen molar-refractivity contribution in [3.05, 3.63) is 11.6 Å². The van der Waals surface area contributed by atoms with Crippen molar-refractivity contribution < 1.29 is 0 Å². The third-order valence-corrected chi connectivity index (χ3v) is 4.16. The first kappa shape index (κ1) is 7.17. The predicted octanol–water partition coefficient (Wildman–Crippen LogP) is 3.53. The Morgan fingerprint density at radius 1 is 1.00 bits per heavy atom. The monoisotopic (exact) mass is 162 g/mol. The van der Waals surface area contributed by atoms with Crippen LogP contribution in [-0.2, 0) is 0 Å². The molecule has 0 heterocycles. The van der Waals surface area contributed by atoms with Gasteiger partial charge in [-0.15, -0.1) is 0 Å². The van der Waals surface area contributed by atoms with Gasteiger partial charge in [0, 0.05) is 0 Å². The van der Waals surface area contributed by atoms with Gasteiger partial charge in [-0.25, -0.2) is 0 Å². The molecule has 3 atom stereocenters. The Kier molecular flexibility index (Phi) is 1.56. The molecule has 12 heavy (non-hydrogen) atoms. The summed E-state index contributed by atoms with van der Waals surface area (Å²) >= 11 is 0. The van der Waals surface area contributed by atoms with Gasteiger partial charge >= 0.3 is 0 Å². The van der Waals surface area contributed by atoms with E-state index < -0.39 is 0 Å². The Morgan fingerprint density at radius 3 is 2.33 bits per heavy atom. The van der Waals surface area contributed by atoms with Crippen molar-refractivity contribution >= 4 is 0 Å². The summed E-state index contributed by atoms with van der Waals surface area (Å²) in [6, 6.07) is 0. The Bertz CT molecular complexity index is 202. The molecule has 0 aromatic carbocycles. The fourth-order valence-corrected chi connectivity index (χ4v) is 3.54. The molecule has 0 spiro atoms. The molecule has 1 unspecified atom stereocenters. The van der Waals surface area contributed by atoms with Crippen molar-refractivity contribution in [2.45, 2.75) is 44.9 Å². The van der Waals surface area contributed by atoms with Crippen molar-refractivity contribution in [1.82, 2.24) is 0 Å². The zero-order valence-corrected chi connectivity index (χ0v) is 7.76. The number of hydrogen-bond donors (Lipinski definition) is 0. The van der Waals surface area contributed by atoms with Crippen LogP contribution in [0.25, 0.3) is 0 Å². The van der Waals surface area contributed by atoms with Crippen LogP contribution in [0.3, 0.4) is 0 Å². The molecule has 0 aromatic rings. The van der Waals surface area contributed by atoms with Crippen molar-refractivity contribution in [2.24, 2.45) is 17.8 Å². The van der Waals surface area contributed by atoms with Gasteiger partial charge in [0.1, 0.15) is 0 Å². The van der Waals surface area contributed by atoms with E-state index in [1.165, 1.54) is 32.1 Å². The van der Waals surface area contributed by atoms with E-state index in [0.29, 0.717) is 0 Å². The van der Waals surface area contributed by atoms with Crippen LogP contribution in [0.2, 0.25) is 0 Å². The van der Waals surface area contributed by atoms with Crippen LogP contribution in [0, 0.1) is 17.8 Å². The molecular formula is C12H18. The average Bonchev–Trinajstić information content (AvgIpc) is 2.58. The maximum Gasteiger partial charge on any atom is -0.0141 e. The molecule has 0 aromatic heterocycles. The fourth-order valence-electron chi connectivity index (χ4n) is 3.54. The fraction of sp³-hybridized carbons (Fsp3) is 0.833. The van der Waals surface area contributed by atoms with E-state index >= 15 is 0 Å². The summed E-state index contributed by atoms with van der Waals surface area (Å²) in [6.07, 6.45) is 13.0. The summed E-state index contributed by atoms with van der Waals surface area (Å²) in [5, 5.41) is 0. The molecule has 3 aliphatic carbocycles. The highest BCUT2D eigenvalue weighted by molar-refractivity contribution is 5.22. The van der Waals surface area contributed by atoms with Gasteiger partial charge in [0.25, 0.3) is 0 Å². The van der Waals surface area contributed by atoms with Crippen molar-refractivity contribution in [3.63, 3.8) is 0 Å². The van der Waals surface area contributed by atoms with E-state index in [9.17, 15) is 0 Å². The first-order valence-corrected chi connectivity index (χ1v) is 5.66. The minimum Gasteiger partial charge on any atom is -0.0850 e. The second kappa shape index (κ2) is 2.61. The van der Waals surface area contributed by atoms with Gasteiger partial charge in [0.05, 0.1) is 0 Å². The van der Waals surface area contributed by atoms with E-state index in [1.807, 2.05) is 5.57 Å². The standard InChI is InChI=1S/C12H18/c1-2-6-9(5-1)12-10-7-3-4-8-11(10)12/h5,10-12H,1-4,6-8H2/t10-,11+,12?. The third kappa shape index (κ3) is 0.967. The van der Waals surface area contributed by atoms with E-state index in [4.69, 9.17) is 0 Å². The number of hydrogen-bond acceptors (Lipinski definition) is 0. The quantitative estimate of drug-likeness (QED) is 0.517. The number of rotatable bonds is 1. The predicted molar refractivity (Wildman–Crippen MR) is 50.9 cm³/mol. The average molecular weight is 162 g/mol. The van der Waals surface area contributed by atoms with Crippen LogP contribution >= 0.6 is 0 Å². The summed E-state index contributed by atoms with van der Waals surface area (Å²) in [4.78, 5) is 0. The van der Waals surface area contributed by atoms with Gasteiger partial charge in [-0.3, -0.25) is 0 Å². The largest absolute Gasteiger partial charge is 0.0850 e. The third-order valence-electron chi connectivity index (χ3n) is 4.16. The van der Waals surface area contributed by atoms with Crippen LogP contribution in [0.4, 0.5) is 0 Å². The molecule has 0 saturated heterocycles. The smallest absolute Gasteiger partial charge is 0.0141 e. The molecule has 2 saturated carbocycles. The molecule has 0 amide bonds. The lowest BCUT2D eigenvalue weighted by atomic mass is 10.0. The molecule has 3 aliphatic rings. The van der Waals surface area contributed by atoms with E-state index in [-0.39, 0.29) is 0 Å². The molecule has 0 bridgehead atoms. The summed E-state index contributed by atoms with van der Waals surface area (Å²) in [5.74, 6) is 3.36. The molecule has 66 valence electrons. The molecule has 0 nitrogen and oxygen atoms in total. The van der Waals surface area contributed by atoms with Gasteiger partial charge in [0.15, 0.2) is 0 Å². The second-order valence-electron chi connectivity index (χ2n) is 4.81. The normalized spacial score (nSPS) is 45.3. The van der Waals surface area contributed by atoms with Crippen LogP contribution in [0.15, 0.2) is 11.6 Å². The molecule has 0 aliphatic heterocycles. The zero-order valence-electron chi connectivity index (χ0n) is 7.76. The summed E-state index contributed by atoms with van der Waals surface area (Å²) < 4.78 is 0. The highest BCUT2D eigenvalue weighted by Gasteiger charge is 2.51. The molecule has 0 heteroatoms. The Hall–Kier alpha value is -0.260. The van der Waals surface area contributed by atoms with Gasteiger partial charge in [-0.2, -0.15) is 0 Å². The van der Waals surface area contributed by atoms with Crippen molar-refractivity contribution in [1.29, 1.82) is 0 Å². The summed E-state index contributed by atoms with van der Waals surface area (Å²) in [6.45, 7) is 0. The Balaban J connectivity index is 1.71. The van der Waals surface area contributed by atoms with Crippen LogP contribution in [0.5, 0.6) is 0 Å². The SMILES string of the molecule is C1=C(C2[C@H]3CCCC[C@@H]23)CCC1. The molecular weight excluding hydrogens is 144 g/mol. The maximum absolute atomic E-state index is 2.54. The maximum atomic E-state index is 2.54. The van der Waals surface area contributed by atoms with E-state index in [1.54, 1.807) is 12.8 Å². The van der Waals surface area contributed by atoms with Gasteiger partial charge in [0.2, 0.25) is 0 Å². The first-order valence-electron chi connectivity index (χ1n) is 5.66. The second-order valence-corrected chi connectivity index (χ2v) is 4.81. The molecule has 0 radical (unpaired) electrons. The minimum atomic E-state index is 1.08. The highest BCUT2D eigenvalue weighted by Crippen LogP contribution is 2.60. The zero-order chi connectivity index (χ0) is 7.97. The van der Waals surface area contributed by atoms with Crippen molar-refractivity contribution in [2.75, 3.05) is 0 Å². The summed E-state index contributed by atoms with van der Waals surface area (Å²) in [5.41, 5.74) is 1.85. The molecule has 0 N–H and O–H groups in total. The molecule has 3 rings (SSSR count). The lowest BCUT2D eigenvalue weighted by Crippen LogP contribution is -1.91. The topological polar surface area (TPSA) is 0 Å². The van der Waals surface area contributed by atoms with Crippen LogP contribution in [-0.4, -0.2) is 0 Å². The lowest BCUT2D eigenvalue weighted by Gasteiger charge is -2.04. The number of fused-ring (bicyclic) bond motifs is 1. The number of allylic oxidation sites excluding steroid dienone is 2. The van der Waals surface area contributed by atoms with Gasteiger partial charge in [-0.1, -0.05) is 24.5 Å². The minimum absolute atomic E-state index is 1.08. The summed E-state index contributed by atoms with van der Waals surface area (Å²) in [7, 11) is 0.